The van der Waals surface area contributed by atoms with E-state index in [1.165, 1.54) is 0 Å². The van der Waals surface area contributed by atoms with Gasteiger partial charge in [-0.2, -0.15) is 0 Å². The number of carbonyl (C=O) groups is 2. The monoisotopic (exact) mass is 376 g/mol. The number of Topliss-reactive ketones (excluding diaryl/α,β-unsaturated/α-hetero) is 1. The summed E-state index contributed by atoms with van der Waals surface area (Å²) in [4.78, 5) is 23.3. The molecule has 98 valence electrons. The number of hydrogen-bond acceptors (Lipinski definition) is 3. The molecule has 0 radical (unpaired) electrons. The molecule has 0 spiro atoms. The molecule has 0 saturated carbocycles. The molecule has 0 fully saturated rings. The first-order valence-electron chi connectivity index (χ1n) is 5.55. The zero-order chi connectivity index (χ0) is 13.5. The molecule has 0 aliphatic heterocycles. The van der Waals surface area contributed by atoms with E-state index in [1.54, 1.807) is 19.1 Å². The summed E-state index contributed by atoms with van der Waals surface area (Å²) in [6.07, 6.45) is 0.319. The topological polar surface area (TPSA) is 43.4 Å². The van der Waals surface area contributed by atoms with Crippen molar-refractivity contribution in [1.29, 1.82) is 0 Å². The number of benzene rings is 1. The molecule has 5 heteroatoms. The molecule has 1 aromatic rings. The van der Waals surface area contributed by atoms with E-state index in [-0.39, 0.29) is 11.8 Å². The number of rotatable bonds is 6. The average Bonchev–Trinajstić information content (AvgIpc) is 2.38. The van der Waals surface area contributed by atoms with Gasteiger partial charge in [-0.1, -0.05) is 44.0 Å². The minimum Gasteiger partial charge on any atom is -0.462 e. The van der Waals surface area contributed by atoms with Gasteiger partial charge in [0, 0.05) is 11.8 Å². The van der Waals surface area contributed by atoms with E-state index in [0.29, 0.717) is 29.3 Å². The lowest BCUT2D eigenvalue weighted by Crippen LogP contribution is -2.12. The Bertz CT molecular complexity index is 444. The second-order valence-electron chi connectivity index (χ2n) is 3.65. The largest absolute Gasteiger partial charge is 0.462 e. The van der Waals surface area contributed by atoms with E-state index in [0.717, 1.165) is 11.1 Å². The molecule has 3 nitrogen and oxygen atoms in total. The van der Waals surface area contributed by atoms with Gasteiger partial charge in [-0.25, -0.2) is 4.79 Å². The van der Waals surface area contributed by atoms with Gasteiger partial charge in [0.05, 0.1) is 17.5 Å². The van der Waals surface area contributed by atoms with Gasteiger partial charge in [0.2, 0.25) is 0 Å². The van der Waals surface area contributed by atoms with Crippen LogP contribution in [0.3, 0.4) is 0 Å². The first kappa shape index (κ1) is 15.4. The van der Waals surface area contributed by atoms with Crippen LogP contribution in [-0.4, -0.2) is 23.7 Å². The number of alkyl halides is 2. The van der Waals surface area contributed by atoms with Crippen molar-refractivity contribution < 1.29 is 14.3 Å². The lowest BCUT2D eigenvalue weighted by Gasteiger charge is -2.11. The van der Waals surface area contributed by atoms with Crippen LogP contribution < -0.4 is 0 Å². The predicted octanol–water partition coefficient (Wildman–Crippen LogP) is 3.26. The third-order valence-electron chi connectivity index (χ3n) is 2.44. The fraction of sp³-hybridized carbons (Fsp3) is 0.385. The van der Waals surface area contributed by atoms with Crippen LogP contribution in [0, 0.1) is 0 Å². The van der Waals surface area contributed by atoms with Crippen molar-refractivity contribution in [2.45, 2.75) is 18.7 Å². The van der Waals surface area contributed by atoms with Crippen LogP contribution in [0.1, 0.15) is 28.4 Å². The maximum atomic E-state index is 11.8. The van der Waals surface area contributed by atoms with E-state index in [4.69, 9.17) is 4.74 Å². The molecule has 0 amide bonds. The quantitative estimate of drug-likeness (QED) is 0.564. The van der Waals surface area contributed by atoms with Gasteiger partial charge >= 0.3 is 5.97 Å². The lowest BCUT2D eigenvalue weighted by molar-refractivity contribution is -0.115. The average molecular weight is 378 g/mol. The third kappa shape index (κ3) is 3.92. The highest BCUT2D eigenvalue weighted by molar-refractivity contribution is 9.09. The van der Waals surface area contributed by atoms with E-state index >= 15 is 0 Å². The molecule has 0 aliphatic carbocycles. The van der Waals surface area contributed by atoms with Gasteiger partial charge in [-0.15, -0.1) is 0 Å². The molecule has 1 rings (SSSR count). The van der Waals surface area contributed by atoms with Crippen molar-refractivity contribution in [3.63, 3.8) is 0 Å². The van der Waals surface area contributed by atoms with Crippen LogP contribution in [0.25, 0.3) is 0 Å². The van der Waals surface area contributed by atoms with Gasteiger partial charge in [0.1, 0.15) is 5.78 Å². The molecule has 0 saturated heterocycles. The molecule has 1 aromatic carbocycles. The summed E-state index contributed by atoms with van der Waals surface area (Å²) in [6.45, 7) is 2.11. The Kier molecular flexibility index (Phi) is 6.57. The molecule has 0 atom stereocenters. The lowest BCUT2D eigenvalue weighted by atomic mass is 9.99. The van der Waals surface area contributed by atoms with E-state index in [2.05, 4.69) is 31.9 Å². The van der Waals surface area contributed by atoms with E-state index in [1.807, 2.05) is 6.07 Å². The summed E-state index contributed by atoms with van der Waals surface area (Å²) >= 11 is 6.50. The Hall–Kier alpha value is -0.680. The summed E-state index contributed by atoms with van der Waals surface area (Å²) in [7, 11) is 0. The molecular formula is C13H14Br2O3. The molecule has 0 unspecified atom stereocenters. The van der Waals surface area contributed by atoms with Gasteiger partial charge < -0.3 is 4.74 Å². The Morgan fingerprint density at radius 1 is 1.28 bits per heavy atom. The highest BCUT2D eigenvalue weighted by atomic mass is 79.9. The second kappa shape index (κ2) is 7.69. The molecular weight excluding hydrogens is 364 g/mol. The SMILES string of the molecule is CCOC(=O)c1cccc(CC(=O)CBr)c1CBr. The normalized spacial score (nSPS) is 10.2. The molecule has 0 aliphatic rings. The summed E-state index contributed by atoms with van der Waals surface area (Å²) < 4.78 is 5.00. The van der Waals surface area contributed by atoms with Crippen molar-refractivity contribution in [3.05, 3.63) is 34.9 Å². The Morgan fingerprint density at radius 3 is 2.56 bits per heavy atom. The first-order chi connectivity index (χ1) is 8.63. The van der Waals surface area contributed by atoms with Gasteiger partial charge in [0.15, 0.2) is 0 Å². The number of esters is 1. The van der Waals surface area contributed by atoms with Crippen molar-refractivity contribution in [1.82, 2.24) is 0 Å². The van der Waals surface area contributed by atoms with E-state index < -0.39 is 0 Å². The molecule has 18 heavy (non-hydrogen) atoms. The molecule has 0 aromatic heterocycles. The zero-order valence-corrected chi connectivity index (χ0v) is 13.2. The third-order valence-corrected chi connectivity index (χ3v) is 3.62. The fourth-order valence-corrected chi connectivity index (χ4v) is 2.48. The number of ether oxygens (including phenoxy) is 1. The van der Waals surface area contributed by atoms with E-state index in [9.17, 15) is 9.59 Å². The van der Waals surface area contributed by atoms with Crippen molar-refractivity contribution >= 4 is 43.6 Å². The van der Waals surface area contributed by atoms with Crippen LogP contribution in [0.15, 0.2) is 18.2 Å². The summed E-state index contributed by atoms with van der Waals surface area (Å²) in [5.41, 5.74) is 2.21. The molecule has 0 bridgehead atoms. The molecule has 0 heterocycles. The Balaban J connectivity index is 3.09. The Labute approximate surface area is 123 Å². The predicted molar refractivity (Wildman–Crippen MR) is 77.5 cm³/mol. The Morgan fingerprint density at radius 2 is 2.00 bits per heavy atom. The van der Waals surface area contributed by atoms with Crippen LogP contribution in [-0.2, 0) is 21.3 Å². The van der Waals surface area contributed by atoms with Gasteiger partial charge in [-0.05, 0) is 24.1 Å². The highest BCUT2D eigenvalue weighted by Crippen LogP contribution is 2.20. The standard InChI is InChI=1S/C13H14Br2O3/c1-2-18-13(17)11-5-3-4-9(12(11)8-15)6-10(16)7-14/h3-5H,2,6-8H2,1H3. The minimum atomic E-state index is -0.347. The van der Waals surface area contributed by atoms with Crippen LogP contribution in [0.2, 0.25) is 0 Å². The highest BCUT2D eigenvalue weighted by Gasteiger charge is 2.16. The first-order valence-corrected chi connectivity index (χ1v) is 7.79. The van der Waals surface area contributed by atoms with Crippen LogP contribution in [0.5, 0.6) is 0 Å². The number of hydrogen-bond donors (Lipinski definition) is 0. The second-order valence-corrected chi connectivity index (χ2v) is 4.77. The van der Waals surface area contributed by atoms with Crippen LogP contribution in [0.4, 0.5) is 0 Å². The van der Waals surface area contributed by atoms with Crippen molar-refractivity contribution in [3.8, 4) is 0 Å². The van der Waals surface area contributed by atoms with Gasteiger partial charge in [-0.3, -0.25) is 4.79 Å². The zero-order valence-electron chi connectivity index (χ0n) is 10.0. The van der Waals surface area contributed by atoms with Crippen molar-refractivity contribution in [2.24, 2.45) is 0 Å². The minimum absolute atomic E-state index is 0.0817. The van der Waals surface area contributed by atoms with Crippen molar-refractivity contribution in [2.75, 3.05) is 11.9 Å². The number of ketones is 1. The summed E-state index contributed by atoms with van der Waals surface area (Å²) in [6, 6.07) is 5.35. The smallest absolute Gasteiger partial charge is 0.338 e. The van der Waals surface area contributed by atoms with Gasteiger partial charge in [0.25, 0.3) is 0 Å². The van der Waals surface area contributed by atoms with Crippen LogP contribution >= 0.6 is 31.9 Å². The number of carbonyl (C=O) groups excluding carboxylic acids is 2. The maximum Gasteiger partial charge on any atom is 0.338 e. The fourth-order valence-electron chi connectivity index (χ4n) is 1.62. The number of halogens is 2. The molecule has 0 N–H and O–H groups in total. The summed E-state index contributed by atoms with van der Waals surface area (Å²) in [5.74, 6) is -0.265. The summed E-state index contributed by atoms with van der Waals surface area (Å²) in [5, 5.41) is 0.839. The maximum absolute atomic E-state index is 11.8.